The van der Waals surface area contributed by atoms with Gasteiger partial charge in [-0.3, -0.25) is 19.7 Å². The lowest BCUT2D eigenvalue weighted by molar-refractivity contribution is -0.385. The van der Waals surface area contributed by atoms with E-state index in [2.05, 4.69) is 26.0 Å². The average molecular weight is 616 g/mol. The molecule has 2 aromatic carbocycles. The Morgan fingerprint density at radius 2 is 2.00 bits per heavy atom. The van der Waals surface area contributed by atoms with E-state index < -0.39 is 10.6 Å². The number of nitro benzene ring substituents is 1. The Morgan fingerprint density at radius 1 is 1.25 bits per heavy atom. The molecule has 0 N–H and O–H groups in total. The van der Waals surface area contributed by atoms with Crippen LogP contribution in [0.25, 0.3) is 10.9 Å². The van der Waals surface area contributed by atoms with Crippen molar-refractivity contribution in [3.8, 4) is 11.5 Å². The Labute approximate surface area is 238 Å². The maximum absolute atomic E-state index is 13.4. The summed E-state index contributed by atoms with van der Waals surface area (Å²) >= 11 is 3.39. The lowest BCUT2D eigenvalue weighted by atomic mass is 10.1. The number of rotatable bonds is 10. The Kier molecular flexibility index (Phi) is 9.48. The minimum atomic E-state index is -0.611. The molecule has 212 valence electrons. The Balaban J connectivity index is 1.72. The zero-order valence-corrected chi connectivity index (χ0v) is 24.0. The number of benzene rings is 2. The van der Waals surface area contributed by atoms with Crippen LogP contribution in [-0.4, -0.2) is 71.1 Å². The van der Waals surface area contributed by atoms with Crippen molar-refractivity contribution < 1.29 is 23.9 Å². The lowest BCUT2D eigenvalue weighted by Gasteiger charge is -2.26. The number of morpholine rings is 1. The van der Waals surface area contributed by atoms with Crippen LogP contribution in [0, 0.1) is 10.1 Å². The Morgan fingerprint density at radius 3 is 2.67 bits per heavy atom. The van der Waals surface area contributed by atoms with E-state index >= 15 is 0 Å². The van der Waals surface area contributed by atoms with Gasteiger partial charge in [-0.05, 0) is 37.6 Å². The summed E-state index contributed by atoms with van der Waals surface area (Å²) in [5, 5.41) is 16.8. The molecule has 0 spiro atoms. The van der Waals surface area contributed by atoms with Crippen LogP contribution in [0.15, 0.2) is 44.7 Å². The van der Waals surface area contributed by atoms with Gasteiger partial charge in [0.1, 0.15) is 5.82 Å². The van der Waals surface area contributed by atoms with Crippen LogP contribution in [0.3, 0.4) is 0 Å². The summed E-state index contributed by atoms with van der Waals surface area (Å²) in [7, 11) is 0. The molecule has 1 aromatic heterocycles. The highest BCUT2D eigenvalue weighted by Gasteiger charge is 2.25. The third-order valence-electron chi connectivity index (χ3n) is 6.47. The van der Waals surface area contributed by atoms with E-state index in [0.29, 0.717) is 48.6 Å². The number of halogens is 1. The molecule has 1 fully saturated rings. The van der Waals surface area contributed by atoms with Crippen LogP contribution in [0.4, 0.5) is 5.69 Å². The molecule has 40 heavy (non-hydrogen) atoms. The third-order valence-corrected chi connectivity index (χ3v) is 6.96. The second-order valence-electron chi connectivity index (χ2n) is 9.14. The number of hydrogen-bond acceptors (Lipinski definition) is 9. The van der Waals surface area contributed by atoms with Crippen molar-refractivity contribution in [2.24, 2.45) is 5.10 Å². The topological polar surface area (TPSA) is 138 Å². The summed E-state index contributed by atoms with van der Waals surface area (Å²) in [5.41, 5.74) is 0.104. The predicted octanol–water partition coefficient (Wildman–Crippen LogP) is 4.10. The monoisotopic (exact) mass is 615 g/mol. The zero-order chi connectivity index (χ0) is 28.8. The molecular weight excluding hydrogens is 586 g/mol. The first-order valence-electron chi connectivity index (χ1n) is 12.9. The highest BCUT2D eigenvalue weighted by molar-refractivity contribution is 9.10. The molecule has 1 amide bonds. The third kappa shape index (κ3) is 6.48. The smallest absolute Gasteiger partial charge is 0.315 e. The molecule has 2 heterocycles. The molecule has 1 atom stereocenters. The standard InChI is InChI=1S/C27H30BrN5O7/c1-4-17(3)26-30-21-7-6-19(28)14-20(21)27(35)32(26)29-15-18-12-22(33(36)37)25(23(13-18)39-5-2)40-16-24(34)31-8-10-38-11-9-31/h6-7,12-15,17H,4-5,8-11,16H2,1-3H3/t17-/m1/s1. The summed E-state index contributed by atoms with van der Waals surface area (Å²) in [4.78, 5) is 43.7. The van der Waals surface area contributed by atoms with E-state index in [1.54, 1.807) is 24.0 Å². The summed E-state index contributed by atoms with van der Waals surface area (Å²) in [6.07, 6.45) is 2.07. The number of carbonyl (C=O) groups excluding carboxylic acids is 1. The van der Waals surface area contributed by atoms with Crippen LogP contribution < -0.4 is 15.0 Å². The van der Waals surface area contributed by atoms with Crippen LogP contribution >= 0.6 is 15.9 Å². The first kappa shape index (κ1) is 29.2. The van der Waals surface area contributed by atoms with Crippen molar-refractivity contribution in [1.82, 2.24) is 14.6 Å². The van der Waals surface area contributed by atoms with Crippen LogP contribution in [0.2, 0.25) is 0 Å². The van der Waals surface area contributed by atoms with E-state index in [1.165, 1.54) is 23.0 Å². The molecule has 1 saturated heterocycles. The molecule has 13 heteroatoms. The van der Waals surface area contributed by atoms with Gasteiger partial charge in [-0.25, -0.2) is 4.98 Å². The fraction of sp³-hybridized carbons (Fsp3) is 0.407. The maximum atomic E-state index is 13.4. The molecule has 3 aromatic rings. The number of ether oxygens (including phenoxy) is 3. The van der Waals surface area contributed by atoms with Crippen LogP contribution in [-0.2, 0) is 9.53 Å². The predicted molar refractivity (Wildman–Crippen MR) is 153 cm³/mol. The lowest BCUT2D eigenvalue weighted by Crippen LogP contribution is -2.43. The minimum absolute atomic E-state index is 0.0778. The van der Waals surface area contributed by atoms with Gasteiger partial charge in [0.05, 0.1) is 41.9 Å². The highest BCUT2D eigenvalue weighted by atomic mass is 79.9. The largest absolute Gasteiger partial charge is 0.490 e. The zero-order valence-electron chi connectivity index (χ0n) is 22.5. The first-order valence-corrected chi connectivity index (χ1v) is 13.7. The number of amides is 1. The minimum Gasteiger partial charge on any atom is -0.490 e. The van der Waals surface area contributed by atoms with E-state index in [9.17, 15) is 19.7 Å². The van der Waals surface area contributed by atoms with Gasteiger partial charge in [0.15, 0.2) is 12.4 Å². The van der Waals surface area contributed by atoms with Gasteiger partial charge in [-0.2, -0.15) is 9.78 Å². The fourth-order valence-corrected chi connectivity index (χ4v) is 4.53. The molecule has 0 aliphatic carbocycles. The Bertz CT molecular complexity index is 1500. The SMILES string of the molecule is CCOc1cc(C=Nn2c([C@H](C)CC)nc3ccc(Br)cc3c2=O)cc([N+](=O)[O-])c1OCC(=O)N1CCOCC1. The average Bonchev–Trinajstić information content (AvgIpc) is 2.96. The van der Waals surface area contributed by atoms with Crippen LogP contribution in [0.5, 0.6) is 11.5 Å². The molecule has 0 bridgehead atoms. The first-order chi connectivity index (χ1) is 19.2. The van der Waals surface area contributed by atoms with Gasteiger partial charge in [0, 0.05) is 35.1 Å². The van der Waals surface area contributed by atoms with Crippen molar-refractivity contribution in [2.45, 2.75) is 33.1 Å². The van der Waals surface area contributed by atoms with Crippen molar-refractivity contribution in [2.75, 3.05) is 39.5 Å². The van der Waals surface area contributed by atoms with Gasteiger partial charge in [0.25, 0.3) is 11.5 Å². The number of aromatic nitrogens is 2. The summed E-state index contributed by atoms with van der Waals surface area (Å²) in [6, 6.07) is 8.04. The summed E-state index contributed by atoms with van der Waals surface area (Å²) in [6.45, 7) is 7.18. The molecule has 1 aliphatic heterocycles. The number of fused-ring (bicyclic) bond motifs is 1. The maximum Gasteiger partial charge on any atom is 0.315 e. The number of nitrogens with zero attached hydrogens (tertiary/aromatic N) is 5. The molecule has 0 radical (unpaired) electrons. The molecular formula is C27H30BrN5O7. The van der Waals surface area contributed by atoms with Crippen molar-refractivity contribution in [3.05, 3.63) is 66.7 Å². The second-order valence-corrected chi connectivity index (χ2v) is 10.1. The highest BCUT2D eigenvalue weighted by Crippen LogP contribution is 2.38. The Hall–Kier alpha value is -3.84. The van der Waals surface area contributed by atoms with Gasteiger partial charge in [-0.1, -0.05) is 29.8 Å². The van der Waals surface area contributed by atoms with Gasteiger partial charge in [0.2, 0.25) is 5.75 Å². The van der Waals surface area contributed by atoms with E-state index in [-0.39, 0.29) is 42.1 Å². The normalized spacial score (nSPS) is 14.4. The number of nitro groups is 1. The second kappa shape index (κ2) is 13.0. The molecule has 1 aliphatic rings. The molecule has 0 unspecified atom stereocenters. The quantitative estimate of drug-likeness (QED) is 0.189. The van der Waals surface area contributed by atoms with Crippen molar-refractivity contribution in [1.29, 1.82) is 0 Å². The van der Waals surface area contributed by atoms with Gasteiger partial charge >= 0.3 is 5.69 Å². The van der Waals surface area contributed by atoms with E-state index in [4.69, 9.17) is 14.2 Å². The van der Waals surface area contributed by atoms with Crippen molar-refractivity contribution in [3.63, 3.8) is 0 Å². The number of hydrogen-bond donors (Lipinski definition) is 0. The number of carbonyl (C=O) groups is 1. The van der Waals surface area contributed by atoms with E-state index in [1.807, 2.05) is 19.9 Å². The van der Waals surface area contributed by atoms with Gasteiger partial charge < -0.3 is 19.1 Å². The molecule has 12 nitrogen and oxygen atoms in total. The summed E-state index contributed by atoms with van der Waals surface area (Å²) in [5.74, 6) is 0.0204. The van der Waals surface area contributed by atoms with E-state index in [0.717, 1.165) is 10.9 Å². The van der Waals surface area contributed by atoms with Crippen LogP contribution in [0.1, 0.15) is 44.5 Å². The fourth-order valence-electron chi connectivity index (χ4n) is 4.17. The van der Waals surface area contributed by atoms with Gasteiger partial charge in [-0.15, -0.1) is 0 Å². The summed E-state index contributed by atoms with van der Waals surface area (Å²) < 4.78 is 18.5. The molecule has 0 saturated carbocycles. The molecule has 4 rings (SSSR count). The van der Waals surface area contributed by atoms with Crippen molar-refractivity contribution >= 4 is 44.6 Å².